The second kappa shape index (κ2) is 6.94. The molecule has 3 heterocycles. The quantitative estimate of drug-likeness (QED) is 0.820. The van der Waals surface area contributed by atoms with Gasteiger partial charge in [0.1, 0.15) is 18.5 Å². The van der Waals surface area contributed by atoms with Crippen molar-refractivity contribution in [3.05, 3.63) is 30.2 Å². The molecule has 2 aromatic rings. The normalized spacial score (nSPS) is 16.3. The average molecular weight is 329 g/mol. The number of piperazine rings is 1. The lowest BCUT2D eigenvalue weighted by atomic mass is 10.1. The second-order valence-corrected chi connectivity index (χ2v) is 6.25. The van der Waals surface area contributed by atoms with Gasteiger partial charge in [-0.05, 0) is 13.8 Å². The maximum Gasteiger partial charge on any atom is 0.227 e. The van der Waals surface area contributed by atoms with Crippen molar-refractivity contribution in [1.29, 1.82) is 0 Å². The van der Waals surface area contributed by atoms with Crippen LogP contribution in [-0.2, 0) is 11.3 Å². The molecule has 1 atom stereocenters. The fourth-order valence-corrected chi connectivity index (χ4v) is 2.96. The van der Waals surface area contributed by atoms with E-state index >= 15 is 0 Å². The predicted octanol–water partition coefficient (Wildman–Crippen LogP) is 0.670. The molecule has 0 aromatic carbocycles. The van der Waals surface area contributed by atoms with Crippen LogP contribution in [0, 0.1) is 19.8 Å². The minimum absolute atomic E-state index is 0.112. The zero-order valence-corrected chi connectivity index (χ0v) is 14.4. The number of nitrogens with zero attached hydrogens (tertiary/aromatic N) is 7. The third-order valence-corrected chi connectivity index (χ3v) is 4.29. The van der Waals surface area contributed by atoms with E-state index in [1.165, 1.54) is 6.33 Å². The van der Waals surface area contributed by atoms with Crippen LogP contribution in [-0.4, -0.2) is 61.7 Å². The van der Waals surface area contributed by atoms with Gasteiger partial charge in [-0.2, -0.15) is 5.10 Å². The lowest BCUT2D eigenvalue weighted by molar-refractivity contribution is -0.135. The smallest absolute Gasteiger partial charge is 0.227 e. The number of amides is 1. The highest BCUT2D eigenvalue weighted by Gasteiger charge is 2.26. The van der Waals surface area contributed by atoms with E-state index in [1.807, 2.05) is 25.7 Å². The summed E-state index contributed by atoms with van der Waals surface area (Å²) in [4.78, 5) is 29.6. The fourth-order valence-electron chi connectivity index (χ4n) is 2.96. The fraction of sp³-hybridized carbons (Fsp3) is 0.562. The first kappa shape index (κ1) is 16.4. The molecule has 0 radical (unpaired) electrons. The first-order valence-electron chi connectivity index (χ1n) is 8.21. The van der Waals surface area contributed by atoms with E-state index in [0.717, 1.165) is 30.3 Å². The summed E-state index contributed by atoms with van der Waals surface area (Å²) >= 11 is 0. The van der Waals surface area contributed by atoms with Gasteiger partial charge >= 0.3 is 0 Å². The van der Waals surface area contributed by atoms with Crippen molar-refractivity contribution in [2.45, 2.75) is 27.3 Å². The molecular weight excluding hydrogens is 306 g/mol. The van der Waals surface area contributed by atoms with E-state index in [1.54, 1.807) is 17.2 Å². The van der Waals surface area contributed by atoms with Crippen molar-refractivity contribution in [3.8, 4) is 0 Å². The largest absolute Gasteiger partial charge is 0.352 e. The van der Waals surface area contributed by atoms with Crippen LogP contribution >= 0.6 is 0 Å². The summed E-state index contributed by atoms with van der Waals surface area (Å²) in [6.07, 6.45) is 4.91. The Hall–Kier alpha value is -2.51. The SMILES string of the molecule is Cc1cnc(C)c(N2CCN(C(=O)C(C)Cn3cncn3)CC2)n1. The van der Waals surface area contributed by atoms with Crippen LogP contribution in [0.4, 0.5) is 5.82 Å². The number of hydrogen-bond donors (Lipinski definition) is 0. The van der Waals surface area contributed by atoms with Crippen LogP contribution in [0.1, 0.15) is 18.3 Å². The summed E-state index contributed by atoms with van der Waals surface area (Å²) in [6, 6.07) is 0. The molecule has 2 aromatic heterocycles. The molecule has 3 rings (SSSR count). The van der Waals surface area contributed by atoms with Gasteiger partial charge < -0.3 is 9.80 Å². The lowest BCUT2D eigenvalue weighted by Crippen LogP contribution is -2.51. The Morgan fingerprint density at radius 3 is 2.67 bits per heavy atom. The van der Waals surface area contributed by atoms with Gasteiger partial charge in [0, 0.05) is 32.4 Å². The van der Waals surface area contributed by atoms with Gasteiger partial charge in [-0.15, -0.1) is 0 Å². The number of anilines is 1. The molecule has 8 heteroatoms. The van der Waals surface area contributed by atoms with E-state index in [4.69, 9.17) is 0 Å². The molecule has 0 saturated carbocycles. The first-order valence-corrected chi connectivity index (χ1v) is 8.21. The van der Waals surface area contributed by atoms with Crippen LogP contribution in [0.5, 0.6) is 0 Å². The molecule has 0 bridgehead atoms. The van der Waals surface area contributed by atoms with Gasteiger partial charge in [0.05, 0.1) is 23.9 Å². The summed E-state index contributed by atoms with van der Waals surface area (Å²) in [7, 11) is 0. The number of carbonyl (C=O) groups excluding carboxylic acids is 1. The molecule has 1 fully saturated rings. The van der Waals surface area contributed by atoms with Gasteiger partial charge in [0.25, 0.3) is 0 Å². The van der Waals surface area contributed by atoms with Crippen molar-refractivity contribution in [2.24, 2.45) is 5.92 Å². The van der Waals surface area contributed by atoms with Crippen molar-refractivity contribution in [2.75, 3.05) is 31.1 Å². The number of hydrogen-bond acceptors (Lipinski definition) is 6. The Labute approximate surface area is 141 Å². The summed E-state index contributed by atoms with van der Waals surface area (Å²) < 4.78 is 1.70. The Bertz CT molecular complexity index is 692. The van der Waals surface area contributed by atoms with E-state index in [9.17, 15) is 4.79 Å². The molecule has 0 N–H and O–H groups in total. The van der Waals surface area contributed by atoms with Gasteiger partial charge in [0.15, 0.2) is 0 Å². The summed E-state index contributed by atoms with van der Waals surface area (Å²) in [5, 5.41) is 4.06. The highest BCUT2D eigenvalue weighted by molar-refractivity contribution is 5.78. The molecule has 1 aliphatic heterocycles. The molecule has 128 valence electrons. The molecule has 1 unspecified atom stereocenters. The van der Waals surface area contributed by atoms with Crippen LogP contribution in [0.2, 0.25) is 0 Å². The predicted molar refractivity (Wildman–Crippen MR) is 89.5 cm³/mol. The number of rotatable bonds is 4. The summed E-state index contributed by atoms with van der Waals surface area (Å²) in [5.74, 6) is 0.980. The third kappa shape index (κ3) is 3.52. The molecule has 24 heavy (non-hydrogen) atoms. The van der Waals surface area contributed by atoms with Gasteiger partial charge in [-0.25, -0.2) is 9.97 Å². The van der Waals surface area contributed by atoms with Crippen molar-refractivity contribution in [3.63, 3.8) is 0 Å². The van der Waals surface area contributed by atoms with Crippen LogP contribution < -0.4 is 4.90 Å². The number of carbonyl (C=O) groups is 1. The van der Waals surface area contributed by atoms with Crippen molar-refractivity contribution < 1.29 is 4.79 Å². The number of aryl methyl sites for hydroxylation is 2. The Morgan fingerprint density at radius 1 is 1.25 bits per heavy atom. The van der Waals surface area contributed by atoms with Crippen LogP contribution in [0.3, 0.4) is 0 Å². The minimum atomic E-state index is -0.112. The van der Waals surface area contributed by atoms with E-state index < -0.39 is 0 Å². The minimum Gasteiger partial charge on any atom is -0.352 e. The van der Waals surface area contributed by atoms with Crippen molar-refractivity contribution >= 4 is 11.7 Å². The van der Waals surface area contributed by atoms with Gasteiger partial charge in [-0.1, -0.05) is 6.92 Å². The highest BCUT2D eigenvalue weighted by Crippen LogP contribution is 2.18. The molecule has 1 amide bonds. The Morgan fingerprint density at radius 2 is 2.00 bits per heavy atom. The van der Waals surface area contributed by atoms with E-state index in [2.05, 4.69) is 25.0 Å². The zero-order chi connectivity index (χ0) is 17.1. The topological polar surface area (TPSA) is 80.0 Å². The van der Waals surface area contributed by atoms with Gasteiger partial charge in [0.2, 0.25) is 5.91 Å². The molecule has 0 aliphatic carbocycles. The maximum atomic E-state index is 12.6. The van der Waals surface area contributed by atoms with Gasteiger partial charge in [-0.3, -0.25) is 14.5 Å². The average Bonchev–Trinajstić information content (AvgIpc) is 3.09. The maximum absolute atomic E-state index is 12.6. The summed E-state index contributed by atoms with van der Waals surface area (Å²) in [6.45, 7) is 9.38. The Balaban J connectivity index is 1.58. The first-order chi connectivity index (χ1) is 11.5. The molecule has 8 nitrogen and oxygen atoms in total. The molecule has 0 spiro atoms. The van der Waals surface area contributed by atoms with Crippen LogP contribution in [0.15, 0.2) is 18.9 Å². The van der Waals surface area contributed by atoms with E-state index in [0.29, 0.717) is 19.6 Å². The van der Waals surface area contributed by atoms with Crippen LogP contribution in [0.25, 0.3) is 0 Å². The second-order valence-electron chi connectivity index (χ2n) is 6.25. The standard InChI is InChI=1S/C16H23N7O/c1-12(9-23-11-17-10-19-23)16(24)22-6-4-21(5-7-22)15-14(3)18-8-13(2)20-15/h8,10-12H,4-7,9H2,1-3H3. The number of aromatic nitrogens is 5. The van der Waals surface area contributed by atoms with E-state index in [-0.39, 0.29) is 11.8 Å². The van der Waals surface area contributed by atoms with Crippen molar-refractivity contribution in [1.82, 2.24) is 29.6 Å². The highest BCUT2D eigenvalue weighted by atomic mass is 16.2. The molecule has 1 aliphatic rings. The monoisotopic (exact) mass is 329 g/mol. The lowest BCUT2D eigenvalue weighted by Gasteiger charge is -2.37. The third-order valence-electron chi connectivity index (χ3n) is 4.29. The summed E-state index contributed by atoms with van der Waals surface area (Å²) in [5.41, 5.74) is 1.84. The molecule has 1 saturated heterocycles. The Kier molecular flexibility index (Phi) is 4.73. The zero-order valence-electron chi connectivity index (χ0n) is 14.4. The molecular formula is C16H23N7O.